The Morgan fingerprint density at radius 2 is 2.07 bits per heavy atom. The van der Waals surface area contributed by atoms with Crippen molar-refractivity contribution in [2.45, 2.75) is 32.2 Å². The fourth-order valence-electron chi connectivity index (χ4n) is 1.56. The van der Waals surface area contributed by atoms with Gasteiger partial charge in [-0.1, -0.05) is 30.3 Å². The summed E-state index contributed by atoms with van der Waals surface area (Å²) in [7, 11) is 0. The predicted octanol–water partition coefficient (Wildman–Crippen LogP) is 2.51. The van der Waals surface area contributed by atoms with Crippen molar-refractivity contribution in [1.82, 2.24) is 5.32 Å². The van der Waals surface area contributed by atoms with Gasteiger partial charge >= 0.3 is 0 Å². The lowest BCUT2D eigenvalue weighted by Crippen LogP contribution is -2.28. The van der Waals surface area contributed by atoms with E-state index in [0.717, 1.165) is 19.4 Å². The number of nitrogens with one attached hydrogen (secondary N) is 1. The first-order valence-electron chi connectivity index (χ1n) is 5.47. The molecule has 0 saturated carbocycles. The van der Waals surface area contributed by atoms with Gasteiger partial charge in [-0.3, -0.25) is 0 Å². The second-order valence-corrected chi connectivity index (χ2v) is 3.81. The first kappa shape index (κ1) is 11.7. The van der Waals surface area contributed by atoms with Crippen LogP contribution in [0.2, 0.25) is 0 Å². The van der Waals surface area contributed by atoms with Gasteiger partial charge in [0.2, 0.25) is 0 Å². The molecular formula is C13H18N2. The fraction of sp³-hybridized carbons (Fsp3) is 0.462. The summed E-state index contributed by atoms with van der Waals surface area (Å²) >= 11 is 0. The number of rotatable bonds is 6. The molecule has 0 aromatic heterocycles. The monoisotopic (exact) mass is 202 g/mol. The third kappa shape index (κ3) is 5.19. The maximum atomic E-state index is 8.39. The summed E-state index contributed by atoms with van der Waals surface area (Å²) in [5.74, 6) is 0. The van der Waals surface area contributed by atoms with Gasteiger partial charge in [-0.25, -0.2) is 0 Å². The van der Waals surface area contributed by atoms with Crippen LogP contribution in [0.4, 0.5) is 0 Å². The second-order valence-electron chi connectivity index (χ2n) is 3.81. The summed E-state index contributed by atoms with van der Waals surface area (Å²) in [6.07, 6.45) is 2.63. The van der Waals surface area contributed by atoms with Gasteiger partial charge in [0.1, 0.15) is 0 Å². The van der Waals surface area contributed by atoms with Gasteiger partial charge in [0.05, 0.1) is 6.07 Å². The highest BCUT2D eigenvalue weighted by Gasteiger charge is 2.01. The normalized spacial score (nSPS) is 12.0. The van der Waals surface area contributed by atoms with E-state index in [1.54, 1.807) is 0 Å². The van der Waals surface area contributed by atoms with Crippen molar-refractivity contribution < 1.29 is 0 Å². The summed E-state index contributed by atoms with van der Waals surface area (Å²) in [4.78, 5) is 0. The van der Waals surface area contributed by atoms with E-state index in [1.165, 1.54) is 5.56 Å². The minimum Gasteiger partial charge on any atom is -0.314 e. The number of hydrogen-bond acceptors (Lipinski definition) is 2. The van der Waals surface area contributed by atoms with Crippen LogP contribution in [0.25, 0.3) is 0 Å². The van der Waals surface area contributed by atoms with Crippen LogP contribution in [0.3, 0.4) is 0 Å². The Morgan fingerprint density at radius 3 is 2.73 bits per heavy atom. The number of unbranched alkanes of at least 4 members (excludes halogenated alkanes) is 1. The van der Waals surface area contributed by atoms with Gasteiger partial charge in [0, 0.05) is 12.5 Å². The summed E-state index contributed by atoms with van der Waals surface area (Å²) in [5, 5.41) is 11.8. The molecule has 0 amide bonds. The molecule has 1 N–H and O–H groups in total. The first-order valence-corrected chi connectivity index (χ1v) is 5.47. The molecule has 0 aliphatic carbocycles. The molecule has 0 aliphatic heterocycles. The molecule has 1 aromatic rings. The minimum absolute atomic E-state index is 0.478. The zero-order chi connectivity index (χ0) is 10.9. The quantitative estimate of drug-likeness (QED) is 0.719. The predicted molar refractivity (Wildman–Crippen MR) is 62.5 cm³/mol. The molecule has 0 aliphatic rings. The lowest BCUT2D eigenvalue weighted by atomic mass is 10.1. The summed E-state index contributed by atoms with van der Waals surface area (Å²) in [6, 6.07) is 13.1. The lowest BCUT2D eigenvalue weighted by molar-refractivity contribution is 0.537. The van der Waals surface area contributed by atoms with Crippen molar-refractivity contribution in [2.24, 2.45) is 0 Å². The third-order valence-electron chi connectivity index (χ3n) is 2.34. The molecule has 1 rings (SSSR count). The van der Waals surface area contributed by atoms with Gasteiger partial charge in [0.15, 0.2) is 0 Å². The van der Waals surface area contributed by atoms with E-state index in [9.17, 15) is 0 Å². The van der Waals surface area contributed by atoms with E-state index in [2.05, 4.69) is 42.6 Å². The Labute approximate surface area is 91.9 Å². The molecule has 1 aromatic carbocycles. The molecule has 1 unspecified atom stereocenters. The molecule has 2 nitrogen and oxygen atoms in total. The Morgan fingerprint density at radius 1 is 1.33 bits per heavy atom. The first-order chi connectivity index (χ1) is 7.33. The van der Waals surface area contributed by atoms with Crippen molar-refractivity contribution in [2.75, 3.05) is 6.54 Å². The Balaban J connectivity index is 2.19. The molecule has 0 fully saturated rings. The molecule has 0 saturated heterocycles. The highest BCUT2D eigenvalue weighted by molar-refractivity contribution is 5.15. The molecule has 1 atom stereocenters. The molecular weight excluding hydrogens is 184 g/mol. The largest absolute Gasteiger partial charge is 0.314 e. The average molecular weight is 202 g/mol. The maximum Gasteiger partial charge on any atom is 0.0622 e. The van der Waals surface area contributed by atoms with Crippen LogP contribution in [-0.2, 0) is 6.42 Å². The van der Waals surface area contributed by atoms with Crippen LogP contribution in [-0.4, -0.2) is 12.6 Å². The number of benzene rings is 1. The van der Waals surface area contributed by atoms with Crippen LogP contribution in [0.5, 0.6) is 0 Å². The number of hydrogen-bond donors (Lipinski definition) is 1. The summed E-state index contributed by atoms with van der Waals surface area (Å²) in [6.45, 7) is 3.11. The van der Waals surface area contributed by atoms with Crippen molar-refractivity contribution in [3.05, 3.63) is 35.9 Å². The van der Waals surface area contributed by atoms with Crippen LogP contribution in [0, 0.1) is 11.3 Å². The molecule has 2 heteroatoms. The van der Waals surface area contributed by atoms with Gasteiger partial charge in [-0.15, -0.1) is 0 Å². The van der Waals surface area contributed by atoms with E-state index in [4.69, 9.17) is 5.26 Å². The standard InChI is InChI=1S/C13H18N2/c1-12(15-10-6-5-9-14)11-13-7-3-2-4-8-13/h2-4,7-8,12,15H,5-6,10-11H2,1H3. The highest BCUT2D eigenvalue weighted by atomic mass is 14.9. The zero-order valence-corrected chi connectivity index (χ0v) is 9.24. The highest BCUT2D eigenvalue weighted by Crippen LogP contribution is 2.02. The van der Waals surface area contributed by atoms with Crippen molar-refractivity contribution in [3.8, 4) is 6.07 Å². The minimum atomic E-state index is 0.478. The van der Waals surface area contributed by atoms with Crippen molar-refractivity contribution in [3.63, 3.8) is 0 Å². The summed E-state index contributed by atoms with van der Waals surface area (Å²) < 4.78 is 0. The van der Waals surface area contributed by atoms with E-state index >= 15 is 0 Å². The van der Waals surface area contributed by atoms with Gasteiger partial charge < -0.3 is 5.32 Å². The van der Waals surface area contributed by atoms with Crippen LogP contribution in [0.1, 0.15) is 25.3 Å². The number of nitriles is 1. The molecule has 0 spiro atoms. The Bertz CT molecular complexity index is 300. The van der Waals surface area contributed by atoms with E-state index in [-0.39, 0.29) is 0 Å². The smallest absolute Gasteiger partial charge is 0.0622 e. The summed E-state index contributed by atoms with van der Waals surface area (Å²) in [5.41, 5.74) is 1.36. The average Bonchev–Trinajstić information content (AvgIpc) is 2.26. The maximum absolute atomic E-state index is 8.39. The zero-order valence-electron chi connectivity index (χ0n) is 9.24. The van der Waals surface area contributed by atoms with Crippen LogP contribution in [0.15, 0.2) is 30.3 Å². The third-order valence-corrected chi connectivity index (χ3v) is 2.34. The SMILES string of the molecule is CC(Cc1ccccc1)NCCCC#N. The van der Waals surface area contributed by atoms with E-state index in [0.29, 0.717) is 12.5 Å². The topological polar surface area (TPSA) is 35.8 Å². The van der Waals surface area contributed by atoms with Crippen LogP contribution < -0.4 is 5.32 Å². The Hall–Kier alpha value is -1.33. The van der Waals surface area contributed by atoms with Crippen molar-refractivity contribution >= 4 is 0 Å². The van der Waals surface area contributed by atoms with Crippen molar-refractivity contribution in [1.29, 1.82) is 5.26 Å². The number of nitrogens with zero attached hydrogens (tertiary/aromatic N) is 1. The van der Waals surface area contributed by atoms with Gasteiger partial charge in [0.25, 0.3) is 0 Å². The van der Waals surface area contributed by atoms with Crippen LogP contribution >= 0.6 is 0 Å². The molecule has 15 heavy (non-hydrogen) atoms. The van der Waals surface area contributed by atoms with E-state index < -0.39 is 0 Å². The lowest BCUT2D eigenvalue weighted by Gasteiger charge is -2.12. The molecule has 0 bridgehead atoms. The van der Waals surface area contributed by atoms with Gasteiger partial charge in [-0.2, -0.15) is 5.26 Å². The fourth-order valence-corrected chi connectivity index (χ4v) is 1.56. The molecule has 0 radical (unpaired) electrons. The second kappa shape index (κ2) is 7.03. The van der Waals surface area contributed by atoms with Gasteiger partial charge in [-0.05, 0) is 31.9 Å². The molecule has 0 heterocycles. The Kier molecular flexibility index (Phi) is 5.50. The van der Waals surface area contributed by atoms with E-state index in [1.807, 2.05) is 6.07 Å². The molecule has 80 valence electrons.